The van der Waals surface area contributed by atoms with E-state index in [2.05, 4.69) is 68.5 Å². The van der Waals surface area contributed by atoms with E-state index >= 15 is 0 Å². The summed E-state index contributed by atoms with van der Waals surface area (Å²) in [5.41, 5.74) is 6.32. The molecular formula is C26H27F. The quantitative estimate of drug-likeness (QED) is 0.389. The number of hydrogen-bond acceptors (Lipinski definition) is 0. The predicted octanol–water partition coefficient (Wildman–Crippen LogP) is 7.29. The third-order valence-corrected chi connectivity index (χ3v) is 4.95. The Hall–Kier alpha value is -2.67. The average Bonchev–Trinajstić information content (AvgIpc) is 2.69. The molecule has 0 amide bonds. The lowest BCUT2D eigenvalue weighted by Gasteiger charge is -2.13. The van der Waals surface area contributed by atoms with Crippen LogP contribution in [-0.4, -0.2) is 0 Å². The molecule has 0 aliphatic heterocycles. The Morgan fingerprint density at radius 1 is 0.741 bits per heavy atom. The highest BCUT2D eigenvalue weighted by atomic mass is 19.1. The maximum absolute atomic E-state index is 13.0. The lowest BCUT2D eigenvalue weighted by molar-refractivity contribution is 0.628. The number of aryl methyl sites for hydroxylation is 1. The molecular weight excluding hydrogens is 331 g/mol. The van der Waals surface area contributed by atoms with Crippen molar-refractivity contribution in [1.29, 1.82) is 0 Å². The van der Waals surface area contributed by atoms with Crippen molar-refractivity contribution in [3.05, 3.63) is 106 Å². The highest BCUT2D eigenvalue weighted by Crippen LogP contribution is 2.22. The average molecular weight is 358 g/mol. The van der Waals surface area contributed by atoms with E-state index in [9.17, 15) is 4.39 Å². The van der Waals surface area contributed by atoms with Gasteiger partial charge in [-0.05, 0) is 58.7 Å². The molecule has 0 aliphatic rings. The van der Waals surface area contributed by atoms with Gasteiger partial charge in [-0.1, -0.05) is 93.1 Å². The SMILES string of the molecule is CCCc1ccc(C(C)Cc2ccc(/C=C/c3ccc(F)cc3)cc2)cc1. The van der Waals surface area contributed by atoms with Gasteiger partial charge in [0.05, 0.1) is 0 Å². The first-order valence-electron chi connectivity index (χ1n) is 9.75. The van der Waals surface area contributed by atoms with Crippen molar-refractivity contribution in [2.24, 2.45) is 0 Å². The van der Waals surface area contributed by atoms with E-state index in [1.165, 1.54) is 35.2 Å². The molecule has 1 atom stereocenters. The van der Waals surface area contributed by atoms with E-state index in [0.29, 0.717) is 5.92 Å². The number of benzene rings is 3. The Bertz CT molecular complexity index is 856. The molecule has 3 rings (SSSR count). The van der Waals surface area contributed by atoms with Crippen molar-refractivity contribution in [1.82, 2.24) is 0 Å². The maximum atomic E-state index is 13.0. The lowest BCUT2D eigenvalue weighted by atomic mass is 9.92. The maximum Gasteiger partial charge on any atom is 0.123 e. The molecule has 0 fully saturated rings. The van der Waals surface area contributed by atoms with E-state index in [1.54, 1.807) is 12.1 Å². The standard InChI is InChI=1S/C26H27F/c1-3-4-21-11-15-25(16-12-21)20(2)19-24-9-7-22(8-10-24)5-6-23-13-17-26(27)18-14-23/h5-18,20H,3-4,19H2,1-2H3/b6-5+. The molecule has 0 saturated heterocycles. The summed E-state index contributed by atoms with van der Waals surface area (Å²) in [5.74, 6) is 0.298. The molecule has 0 saturated carbocycles. The van der Waals surface area contributed by atoms with Crippen molar-refractivity contribution in [2.45, 2.75) is 39.0 Å². The smallest absolute Gasteiger partial charge is 0.123 e. The van der Waals surface area contributed by atoms with Gasteiger partial charge in [-0.2, -0.15) is 0 Å². The summed E-state index contributed by atoms with van der Waals surface area (Å²) in [7, 11) is 0. The summed E-state index contributed by atoms with van der Waals surface area (Å²) in [6.45, 7) is 4.51. The zero-order valence-electron chi connectivity index (χ0n) is 16.2. The van der Waals surface area contributed by atoms with E-state index in [-0.39, 0.29) is 5.82 Å². The molecule has 0 N–H and O–H groups in total. The molecule has 0 heterocycles. The van der Waals surface area contributed by atoms with Crippen LogP contribution in [-0.2, 0) is 12.8 Å². The normalized spacial score (nSPS) is 12.4. The van der Waals surface area contributed by atoms with Gasteiger partial charge in [-0.15, -0.1) is 0 Å². The highest BCUT2D eigenvalue weighted by Gasteiger charge is 2.07. The van der Waals surface area contributed by atoms with Gasteiger partial charge in [0, 0.05) is 0 Å². The number of hydrogen-bond donors (Lipinski definition) is 0. The van der Waals surface area contributed by atoms with Crippen LogP contribution in [0, 0.1) is 5.82 Å². The highest BCUT2D eigenvalue weighted by molar-refractivity contribution is 5.69. The molecule has 3 aromatic carbocycles. The van der Waals surface area contributed by atoms with Crippen LogP contribution in [0.25, 0.3) is 12.2 Å². The van der Waals surface area contributed by atoms with Crippen LogP contribution in [0.2, 0.25) is 0 Å². The van der Waals surface area contributed by atoms with Gasteiger partial charge in [0.15, 0.2) is 0 Å². The van der Waals surface area contributed by atoms with E-state index < -0.39 is 0 Å². The van der Waals surface area contributed by atoms with Crippen LogP contribution >= 0.6 is 0 Å². The predicted molar refractivity (Wildman–Crippen MR) is 114 cm³/mol. The van der Waals surface area contributed by atoms with Gasteiger partial charge in [-0.3, -0.25) is 0 Å². The van der Waals surface area contributed by atoms with Gasteiger partial charge >= 0.3 is 0 Å². The van der Waals surface area contributed by atoms with Crippen LogP contribution < -0.4 is 0 Å². The zero-order chi connectivity index (χ0) is 19.1. The first-order chi connectivity index (χ1) is 13.1. The molecule has 3 aromatic rings. The van der Waals surface area contributed by atoms with Crippen molar-refractivity contribution in [3.63, 3.8) is 0 Å². The molecule has 0 radical (unpaired) electrons. The van der Waals surface area contributed by atoms with Gasteiger partial charge in [0.2, 0.25) is 0 Å². The van der Waals surface area contributed by atoms with Gasteiger partial charge in [0.25, 0.3) is 0 Å². The van der Waals surface area contributed by atoms with E-state index in [4.69, 9.17) is 0 Å². The van der Waals surface area contributed by atoms with Crippen molar-refractivity contribution >= 4 is 12.2 Å². The molecule has 0 spiro atoms. The second-order valence-electron chi connectivity index (χ2n) is 7.22. The summed E-state index contributed by atoms with van der Waals surface area (Å²) in [6, 6.07) is 24.3. The van der Waals surface area contributed by atoms with Crippen LogP contribution in [0.1, 0.15) is 54.0 Å². The number of halogens is 1. The summed E-state index contributed by atoms with van der Waals surface area (Å²) in [4.78, 5) is 0. The van der Waals surface area contributed by atoms with E-state index in [0.717, 1.165) is 24.0 Å². The van der Waals surface area contributed by atoms with Gasteiger partial charge in [0.1, 0.15) is 5.82 Å². The molecule has 1 heteroatoms. The fraction of sp³-hybridized carbons (Fsp3) is 0.231. The third-order valence-electron chi connectivity index (χ3n) is 4.95. The van der Waals surface area contributed by atoms with E-state index in [1.807, 2.05) is 6.08 Å². The van der Waals surface area contributed by atoms with Gasteiger partial charge < -0.3 is 0 Å². The molecule has 0 aliphatic carbocycles. The van der Waals surface area contributed by atoms with Crippen LogP contribution in [0.15, 0.2) is 72.8 Å². The molecule has 0 nitrogen and oxygen atoms in total. The fourth-order valence-corrected chi connectivity index (χ4v) is 3.30. The summed E-state index contributed by atoms with van der Waals surface area (Å²) < 4.78 is 13.0. The Morgan fingerprint density at radius 3 is 1.81 bits per heavy atom. The molecule has 27 heavy (non-hydrogen) atoms. The number of rotatable bonds is 7. The van der Waals surface area contributed by atoms with Crippen LogP contribution in [0.3, 0.4) is 0 Å². The monoisotopic (exact) mass is 358 g/mol. The summed E-state index contributed by atoms with van der Waals surface area (Å²) >= 11 is 0. The van der Waals surface area contributed by atoms with Gasteiger partial charge in [-0.25, -0.2) is 4.39 Å². The molecule has 0 bridgehead atoms. The van der Waals surface area contributed by atoms with Crippen molar-refractivity contribution < 1.29 is 4.39 Å². The lowest BCUT2D eigenvalue weighted by Crippen LogP contribution is -1.99. The Kier molecular flexibility index (Phi) is 6.59. The van der Waals surface area contributed by atoms with Crippen molar-refractivity contribution in [2.75, 3.05) is 0 Å². The zero-order valence-corrected chi connectivity index (χ0v) is 16.2. The molecule has 0 aromatic heterocycles. The minimum atomic E-state index is -0.203. The largest absolute Gasteiger partial charge is 0.207 e. The second-order valence-corrected chi connectivity index (χ2v) is 7.22. The Labute approximate surface area is 162 Å². The fourth-order valence-electron chi connectivity index (χ4n) is 3.30. The van der Waals surface area contributed by atoms with Crippen LogP contribution in [0.5, 0.6) is 0 Å². The third kappa shape index (κ3) is 5.65. The Balaban J connectivity index is 1.60. The Morgan fingerprint density at radius 2 is 1.26 bits per heavy atom. The minimum absolute atomic E-state index is 0.203. The first-order valence-corrected chi connectivity index (χ1v) is 9.75. The van der Waals surface area contributed by atoms with Crippen LogP contribution in [0.4, 0.5) is 4.39 Å². The topological polar surface area (TPSA) is 0 Å². The summed E-state index contributed by atoms with van der Waals surface area (Å²) in [5, 5.41) is 0. The second kappa shape index (κ2) is 9.32. The molecule has 138 valence electrons. The summed E-state index contributed by atoms with van der Waals surface area (Å²) in [6.07, 6.45) is 7.45. The first kappa shape index (κ1) is 19.1. The minimum Gasteiger partial charge on any atom is -0.207 e. The van der Waals surface area contributed by atoms with Crippen molar-refractivity contribution in [3.8, 4) is 0 Å². The molecule has 1 unspecified atom stereocenters.